The Kier molecular flexibility index (Phi) is 6.19. The molecule has 0 radical (unpaired) electrons. The maximum atomic E-state index is 13.9. The van der Waals surface area contributed by atoms with E-state index in [4.69, 9.17) is 14.2 Å². The standard InChI is InChI=1S/C33H31NO6/c35-30(22-13-11-21(12-14-22)20-7-3-1-4-8-20)38-28-25-19-24-26(31(36)39-29(24)28)27(25)32(37)40-33(15-17-34-18-16-33)23-9-5-2-6-10-23/h1-14,24-29,34H,15-19H2/p+1. The number of rotatable bonds is 6. The summed E-state index contributed by atoms with van der Waals surface area (Å²) in [5.74, 6) is -2.90. The van der Waals surface area contributed by atoms with Gasteiger partial charge in [0.1, 0.15) is 17.8 Å². The van der Waals surface area contributed by atoms with Crippen LogP contribution in [0.4, 0.5) is 0 Å². The van der Waals surface area contributed by atoms with Gasteiger partial charge in [-0.2, -0.15) is 0 Å². The van der Waals surface area contributed by atoms with Crippen molar-refractivity contribution in [3.8, 4) is 11.1 Å². The molecule has 7 nitrogen and oxygen atoms in total. The average molecular weight is 539 g/mol. The minimum atomic E-state index is -0.719. The number of piperidine rings is 1. The first-order valence-corrected chi connectivity index (χ1v) is 14.2. The van der Waals surface area contributed by atoms with Crippen LogP contribution in [-0.2, 0) is 29.4 Å². The van der Waals surface area contributed by atoms with Gasteiger partial charge in [-0.1, -0.05) is 72.8 Å². The van der Waals surface area contributed by atoms with E-state index in [0.29, 0.717) is 24.8 Å². The Morgan fingerprint density at radius 2 is 1.48 bits per heavy atom. The monoisotopic (exact) mass is 538 g/mol. The van der Waals surface area contributed by atoms with E-state index in [1.807, 2.05) is 72.8 Å². The molecular weight excluding hydrogens is 506 g/mol. The fourth-order valence-corrected chi connectivity index (χ4v) is 7.48. The quantitative estimate of drug-likeness (QED) is 0.382. The van der Waals surface area contributed by atoms with Crippen molar-refractivity contribution in [1.29, 1.82) is 0 Å². The molecule has 3 aromatic carbocycles. The lowest BCUT2D eigenvalue weighted by atomic mass is 9.78. The number of carbonyl (C=O) groups excluding carboxylic acids is 3. The van der Waals surface area contributed by atoms with Gasteiger partial charge in [-0.05, 0) is 35.2 Å². The molecule has 3 aromatic rings. The average Bonchev–Trinajstić information content (AvgIpc) is 3.63. The normalized spacial score (nSPS) is 29.6. The third kappa shape index (κ3) is 4.11. The van der Waals surface area contributed by atoms with E-state index < -0.39 is 35.6 Å². The Bertz CT molecular complexity index is 1420. The minimum absolute atomic E-state index is 0.138. The molecule has 2 N–H and O–H groups in total. The van der Waals surface area contributed by atoms with Crippen molar-refractivity contribution in [3.05, 3.63) is 96.1 Å². The molecule has 6 unspecified atom stereocenters. The third-order valence-electron chi connectivity index (χ3n) is 9.39. The lowest BCUT2D eigenvalue weighted by Crippen LogP contribution is -2.87. The maximum absolute atomic E-state index is 13.9. The van der Waals surface area contributed by atoms with Gasteiger partial charge in [-0.3, -0.25) is 9.59 Å². The van der Waals surface area contributed by atoms with Crippen molar-refractivity contribution in [2.45, 2.75) is 37.1 Å². The van der Waals surface area contributed by atoms with Gasteiger partial charge in [0.05, 0.1) is 30.5 Å². The molecule has 40 heavy (non-hydrogen) atoms. The zero-order chi connectivity index (χ0) is 27.3. The molecule has 2 aliphatic carbocycles. The van der Waals surface area contributed by atoms with Gasteiger partial charge in [-0.15, -0.1) is 0 Å². The van der Waals surface area contributed by atoms with Crippen LogP contribution in [0.3, 0.4) is 0 Å². The number of hydrogen-bond donors (Lipinski definition) is 1. The molecule has 6 atom stereocenters. The summed E-state index contributed by atoms with van der Waals surface area (Å²) >= 11 is 0. The first-order chi connectivity index (χ1) is 19.5. The zero-order valence-corrected chi connectivity index (χ0v) is 22.1. The SMILES string of the molecule is O=C(OC1C2CC3C1OC(=O)C3C2C(=O)OC1(c2ccccc2)CC[NH2+]CC1)c1ccc(-c2ccccc2)cc1. The van der Waals surface area contributed by atoms with Crippen LogP contribution in [0.15, 0.2) is 84.9 Å². The lowest BCUT2D eigenvalue weighted by Gasteiger charge is -2.38. The maximum Gasteiger partial charge on any atom is 0.338 e. The number of ether oxygens (including phenoxy) is 3. The Morgan fingerprint density at radius 3 is 2.17 bits per heavy atom. The van der Waals surface area contributed by atoms with E-state index in [1.54, 1.807) is 12.1 Å². The highest BCUT2D eigenvalue weighted by Gasteiger charge is 2.70. The number of fused-ring (bicyclic) bond motifs is 1. The molecule has 0 amide bonds. The molecular formula is C33H32NO6+. The minimum Gasteiger partial charge on any atom is -0.458 e. The Labute approximate surface area is 232 Å². The second kappa shape index (κ2) is 9.89. The van der Waals surface area contributed by atoms with Crippen LogP contribution in [0.1, 0.15) is 35.2 Å². The van der Waals surface area contributed by atoms with E-state index >= 15 is 0 Å². The molecule has 2 saturated heterocycles. The predicted octanol–water partition coefficient (Wildman–Crippen LogP) is 3.48. The number of nitrogens with two attached hydrogens (primary N) is 1. The number of hydrogen-bond acceptors (Lipinski definition) is 6. The second-order valence-electron chi connectivity index (χ2n) is 11.5. The molecule has 2 bridgehead atoms. The summed E-state index contributed by atoms with van der Waals surface area (Å²) in [5.41, 5.74) is 2.74. The fraction of sp³-hybridized carbons (Fsp3) is 0.364. The van der Waals surface area contributed by atoms with Crippen LogP contribution < -0.4 is 5.32 Å². The second-order valence-corrected chi connectivity index (χ2v) is 11.5. The van der Waals surface area contributed by atoms with Gasteiger partial charge < -0.3 is 19.5 Å². The highest BCUT2D eigenvalue weighted by Crippen LogP contribution is 2.59. The number of carbonyl (C=O) groups is 3. The number of benzene rings is 3. The lowest BCUT2D eigenvalue weighted by molar-refractivity contribution is -0.668. The van der Waals surface area contributed by atoms with Gasteiger partial charge in [0, 0.05) is 24.7 Å². The molecule has 2 heterocycles. The van der Waals surface area contributed by atoms with Gasteiger partial charge in [0.25, 0.3) is 0 Å². The van der Waals surface area contributed by atoms with E-state index in [0.717, 1.165) is 29.8 Å². The Hall–Kier alpha value is -3.97. The summed E-state index contributed by atoms with van der Waals surface area (Å²) in [6, 6.07) is 27.1. The first kappa shape index (κ1) is 25.0. The van der Waals surface area contributed by atoms with Crippen LogP contribution in [0.2, 0.25) is 0 Å². The van der Waals surface area contributed by atoms with Crippen LogP contribution in [0.25, 0.3) is 11.1 Å². The molecule has 7 heteroatoms. The van der Waals surface area contributed by atoms with Crippen molar-refractivity contribution in [2.24, 2.45) is 23.7 Å². The number of esters is 3. The fourth-order valence-electron chi connectivity index (χ4n) is 7.48. The highest BCUT2D eigenvalue weighted by atomic mass is 16.6. The largest absolute Gasteiger partial charge is 0.458 e. The number of quaternary nitrogens is 1. The molecule has 4 fully saturated rings. The van der Waals surface area contributed by atoms with Crippen molar-refractivity contribution >= 4 is 17.9 Å². The van der Waals surface area contributed by atoms with Crippen LogP contribution in [0.5, 0.6) is 0 Å². The Morgan fingerprint density at radius 1 is 0.825 bits per heavy atom. The summed E-state index contributed by atoms with van der Waals surface area (Å²) in [7, 11) is 0. The molecule has 204 valence electrons. The van der Waals surface area contributed by atoms with E-state index in [-0.39, 0.29) is 23.8 Å². The van der Waals surface area contributed by atoms with E-state index in [1.165, 1.54) is 0 Å². The molecule has 0 aromatic heterocycles. The van der Waals surface area contributed by atoms with Crippen LogP contribution >= 0.6 is 0 Å². The summed E-state index contributed by atoms with van der Waals surface area (Å²) in [5, 5.41) is 2.23. The highest BCUT2D eigenvalue weighted by molar-refractivity contribution is 5.91. The van der Waals surface area contributed by atoms with E-state index in [2.05, 4.69) is 5.32 Å². The van der Waals surface area contributed by atoms with E-state index in [9.17, 15) is 14.4 Å². The Balaban J connectivity index is 1.11. The molecule has 2 aliphatic heterocycles. The van der Waals surface area contributed by atoms with Gasteiger partial charge in [-0.25, -0.2) is 4.79 Å². The molecule has 0 spiro atoms. The summed E-state index contributed by atoms with van der Waals surface area (Å²) in [6.45, 7) is 1.71. The zero-order valence-electron chi connectivity index (χ0n) is 22.1. The topological polar surface area (TPSA) is 95.5 Å². The first-order valence-electron chi connectivity index (χ1n) is 14.2. The van der Waals surface area contributed by atoms with Crippen molar-refractivity contribution in [2.75, 3.05) is 13.1 Å². The predicted molar refractivity (Wildman–Crippen MR) is 145 cm³/mol. The van der Waals surface area contributed by atoms with Crippen molar-refractivity contribution < 1.29 is 33.9 Å². The smallest absolute Gasteiger partial charge is 0.338 e. The van der Waals surface area contributed by atoms with Gasteiger partial charge in [0.2, 0.25) is 0 Å². The van der Waals surface area contributed by atoms with Crippen LogP contribution in [-0.4, -0.2) is 43.2 Å². The van der Waals surface area contributed by atoms with Crippen molar-refractivity contribution in [3.63, 3.8) is 0 Å². The summed E-state index contributed by atoms with van der Waals surface area (Å²) in [6.07, 6.45) is 0.847. The van der Waals surface area contributed by atoms with Crippen LogP contribution in [0, 0.1) is 23.7 Å². The molecule has 4 aliphatic rings. The van der Waals surface area contributed by atoms with Gasteiger partial charge in [0.15, 0.2) is 0 Å². The van der Waals surface area contributed by atoms with Crippen molar-refractivity contribution in [1.82, 2.24) is 0 Å². The summed E-state index contributed by atoms with van der Waals surface area (Å²) in [4.78, 5) is 40.1. The van der Waals surface area contributed by atoms with Gasteiger partial charge >= 0.3 is 17.9 Å². The third-order valence-corrected chi connectivity index (χ3v) is 9.39. The molecule has 2 saturated carbocycles. The molecule has 7 rings (SSSR count). The summed E-state index contributed by atoms with van der Waals surface area (Å²) < 4.78 is 18.1.